The lowest BCUT2D eigenvalue weighted by atomic mass is 9.87. The van der Waals surface area contributed by atoms with Crippen molar-refractivity contribution < 1.29 is 18.4 Å². The van der Waals surface area contributed by atoms with Crippen LogP contribution in [-0.2, 0) is 0 Å². The van der Waals surface area contributed by atoms with Gasteiger partial charge in [0.1, 0.15) is 17.7 Å². The van der Waals surface area contributed by atoms with Crippen LogP contribution in [0.5, 0.6) is 0 Å². The first kappa shape index (κ1) is 25.1. The van der Waals surface area contributed by atoms with Gasteiger partial charge in [-0.25, -0.2) is 14.1 Å². The summed E-state index contributed by atoms with van der Waals surface area (Å²) in [6.45, 7) is 4.91. The molecule has 1 aliphatic rings. The van der Waals surface area contributed by atoms with Crippen LogP contribution in [0.3, 0.4) is 0 Å². The van der Waals surface area contributed by atoms with Gasteiger partial charge in [-0.3, -0.25) is 9.59 Å². The second kappa shape index (κ2) is 10.5. The number of carbonyl (C=O) groups is 2. The van der Waals surface area contributed by atoms with Crippen molar-refractivity contribution >= 4 is 34.3 Å². The van der Waals surface area contributed by atoms with Gasteiger partial charge in [-0.2, -0.15) is 0 Å². The number of amides is 1. The van der Waals surface area contributed by atoms with E-state index in [9.17, 15) is 14.0 Å². The molecule has 1 fully saturated rings. The first-order valence-electron chi connectivity index (χ1n) is 12.5. The number of nitrogens with zero attached hydrogens (tertiary/aromatic N) is 4. The molecule has 192 valence electrons. The number of halogens is 2. The van der Waals surface area contributed by atoms with Crippen LogP contribution in [0.15, 0.2) is 53.2 Å². The molecule has 3 heterocycles. The molecule has 1 aliphatic heterocycles. The van der Waals surface area contributed by atoms with Crippen LogP contribution in [0.1, 0.15) is 59.3 Å². The van der Waals surface area contributed by atoms with Crippen LogP contribution in [-0.4, -0.2) is 44.4 Å². The molecule has 2 aromatic carbocycles. The van der Waals surface area contributed by atoms with Crippen molar-refractivity contribution in [3.05, 3.63) is 76.8 Å². The average molecular weight is 523 g/mol. The summed E-state index contributed by atoms with van der Waals surface area (Å²) in [5.74, 6) is -0.356. The zero-order chi connectivity index (χ0) is 26.1. The Morgan fingerprint density at radius 1 is 1.16 bits per heavy atom. The predicted octanol–water partition coefficient (Wildman–Crippen LogP) is 6.27. The van der Waals surface area contributed by atoms with E-state index < -0.39 is 0 Å². The quantitative estimate of drug-likeness (QED) is 0.295. The van der Waals surface area contributed by atoms with E-state index in [0.29, 0.717) is 53.2 Å². The Hall–Kier alpha value is -3.52. The van der Waals surface area contributed by atoms with Crippen molar-refractivity contribution in [2.75, 3.05) is 13.1 Å². The fourth-order valence-corrected chi connectivity index (χ4v) is 5.31. The van der Waals surface area contributed by atoms with Gasteiger partial charge < -0.3 is 9.32 Å². The molecule has 37 heavy (non-hydrogen) atoms. The largest absolute Gasteiger partial charge is 0.453 e. The van der Waals surface area contributed by atoms with Gasteiger partial charge in [0, 0.05) is 35.0 Å². The molecule has 5 rings (SSSR count). The minimum atomic E-state index is -0.358. The molecular weight excluding hydrogens is 495 g/mol. The van der Waals surface area contributed by atoms with Crippen LogP contribution in [0.25, 0.3) is 16.7 Å². The van der Waals surface area contributed by atoms with Gasteiger partial charge in [-0.1, -0.05) is 31.0 Å². The number of furan rings is 1. The van der Waals surface area contributed by atoms with E-state index in [4.69, 9.17) is 16.0 Å². The Morgan fingerprint density at radius 2 is 2.00 bits per heavy atom. The molecule has 1 unspecified atom stereocenters. The molecule has 4 aromatic rings. The lowest BCUT2D eigenvalue weighted by molar-refractivity contribution is 0.0714. The van der Waals surface area contributed by atoms with Gasteiger partial charge in [-0.05, 0) is 68.5 Å². The molecule has 0 saturated carbocycles. The molecule has 0 bridgehead atoms. The molecule has 9 heteroatoms. The topological polar surface area (TPSA) is 81.2 Å². The summed E-state index contributed by atoms with van der Waals surface area (Å²) in [5, 5.41) is 5.58. The number of aromatic nitrogens is 3. The van der Waals surface area contributed by atoms with Crippen LogP contribution >= 0.6 is 11.6 Å². The number of carbonyl (C=O) groups excluding carboxylic acids is 2. The van der Waals surface area contributed by atoms with Gasteiger partial charge in [0.05, 0.1) is 5.69 Å². The molecule has 2 aromatic heterocycles. The smallest absolute Gasteiger partial charge is 0.293 e. The highest BCUT2D eigenvalue weighted by Crippen LogP contribution is 2.32. The zero-order valence-corrected chi connectivity index (χ0v) is 21.5. The van der Waals surface area contributed by atoms with E-state index in [1.807, 2.05) is 19.1 Å². The maximum atomic E-state index is 13.7. The number of ketones is 1. The van der Waals surface area contributed by atoms with Gasteiger partial charge >= 0.3 is 0 Å². The molecule has 7 nitrogen and oxygen atoms in total. The molecule has 0 spiro atoms. The Labute approximate surface area is 219 Å². The van der Waals surface area contributed by atoms with Crippen molar-refractivity contribution in [2.24, 2.45) is 11.8 Å². The Morgan fingerprint density at radius 3 is 2.81 bits per heavy atom. The zero-order valence-electron chi connectivity index (χ0n) is 20.8. The van der Waals surface area contributed by atoms with Crippen LogP contribution in [0, 0.1) is 24.6 Å². The van der Waals surface area contributed by atoms with Crippen molar-refractivity contribution in [3.63, 3.8) is 0 Å². The summed E-state index contributed by atoms with van der Waals surface area (Å²) in [6.07, 6.45) is 4.40. The van der Waals surface area contributed by atoms with Crippen LogP contribution < -0.4 is 0 Å². The third-order valence-electron chi connectivity index (χ3n) is 6.99. The fraction of sp³-hybridized carbons (Fsp3) is 0.357. The van der Waals surface area contributed by atoms with Crippen molar-refractivity contribution in [1.82, 2.24) is 19.7 Å². The number of hydrogen-bond donors (Lipinski definition) is 0. The minimum Gasteiger partial charge on any atom is -0.453 e. The lowest BCUT2D eigenvalue weighted by Gasteiger charge is -2.24. The third-order valence-corrected chi connectivity index (χ3v) is 7.22. The fourth-order valence-electron chi connectivity index (χ4n) is 5.12. The third kappa shape index (κ3) is 5.30. The molecule has 0 radical (unpaired) electrons. The highest BCUT2D eigenvalue weighted by Gasteiger charge is 2.30. The van der Waals surface area contributed by atoms with Crippen molar-refractivity contribution in [3.8, 4) is 5.69 Å². The summed E-state index contributed by atoms with van der Waals surface area (Å²) in [7, 11) is 0. The van der Waals surface area contributed by atoms with E-state index in [2.05, 4.69) is 10.1 Å². The van der Waals surface area contributed by atoms with Gasteiger partial charge in [0.25, 0.3) is 5.91 Å². The van der Waals surface area contributed by atoms with E-state index in [-0.39, 0.29) is 35.2 Å². The first-order chi connectivity index (χ1) is 17.8. The summed E-state index contributed by atoms with van der Waals surface area (Å²) < 4.78 is 21.1. The van der Waals surface area contributed by atoms with Crippen molar-refractivity contribution in [2.45, 2.75) is 39.5 Å². The van der Waals surface area contributed by atoms with E-state index >= 15 is 0 Å². The highest BCUT2D eigenvalue weighted by molar-refractivity contribution is 6.30. The van der Waals surface area contributed by atoms with Crippen molar-refractivity contribution in [1.29, 1.82) is 0 Å². The molecule has 2 atom stereocenters. The number of rotatable bonds is 4. The standard InChI is InChI=1S/C28H28ClFN4O3/c1-17-12-19(25(35)26-18(2)23-14-21(30)9-10-24(23)37-26)6-3-4-11-33(15-17)28(36)27-31-16-34(32-27)22-8-5-7-20(29)13-22/h5,7-10,13-14,16-17,19H,3-4,6,11-12,15H2,1-2H3/t17-,19?/m0/s1. The molecule has 0 aliphatic carbocycles. The van der Waals surface area contributed by atoms with Gasteiger partial charge in [0.2, 0.25) is 11.6 Å². The SMILES string of the molecule is Cc1c(C(=O)C2CCCCN(C(=O)c3ncn(-c4cccc(Cl)c4)n3)C[C@@H](C)C2)oc2ccc(F)cc12. The number of hydrogen-bond acceptors (Lipinski definition) is 5. The maximum absolute atomic E-state index is 13.7. The van der Waals surface area contributed by atoms with E-state index in [1.54, 1.807) is 30.0 Å². The van der Waals surface area contributed by atoms with Crippen LogP contribution in [0.2, 0.25) is 5.02 Å². The van der Waals surface area contributed by atoms with Gasteiger partial charge in [-0.15, -0.1) is 5.10 Å². The summed E-state index contributed by atoms with van der Waals surface area (Å²) >= 11 is 6.08. The molecule has 1 saturated heterocycles. The Balaban J connectivity index is 1.30. The molecule has 0 N–H and O–H groups in total. The summed E-state index contributed by atoms with van der Waals surface area (Å²) in [4.78, 5) is 32.8. The highest BCUT2D eigenvalue weighted by atomic mass is 35.5. The normalized spacial score (nSPS) is 18.9. The number of Topliss-reactive ketones (excluding diaryl/α,β-unsaturated/α-hetero) is 1. The summed E-state index contributed by atoms with van der Waals surface area (Å²) in [5.41, 5.74) is 1.91. The van der Waals surface area contributed by atoms with Crippen LogP contribution in [0.4, 0.5) is 4.39 Å². The molecular formula is C28H28ClFN4O3. The van der Waals surface area contributed by atoms with E-state index in [0.717, 1.165) is 18.5 Å². The maximum Gasteiger partial charge on any atom is 0.293 e. The second-order valence-corrected chi connectivity index (χ2v) is 10.3. The molecule has 1 amide bonds. The second-order valence-electron chi connectivity index (χ2n) is 9.84. The number of aryl methyl sites for hydroxylation is 1. The lowest BCUT2D eigenvalue weighted by Crippen LogP contribution is -2.36. The Kier molecular flexibility index (Phi) is 7.11. The van der Waals surface area contributed by atoms with Gasteiger partial charge in [0.15, 0.2) is 5.76 Å². The number of fused-ring (bicyclic) bond motifs is 1. The monoisotopic (exact) mass is 522 g/mol. The van der Waals surface area contributed by atoms with E-state index in [1.165, 1.54) is 23.1 Å². The minimum absolute atomic E-state index is 0.0531. The Bertz CT molecular complexity index is 1460. The average Bonchev–Trinajstić information content (AvgIpc) is 3.51. The number of benzene rings is 2. The summed E-state index contributed by atoms with van der Waals surface area (Å²) in [6, 6.07) is 11.5. The predicted molar refractivity (Wildman–Crippen MR) is 139 cm³/mol. The first-order valence-corrected chi connectivity index (χ1v) is 12.9.